The fourth-order valence-electron chi connectivity index (χ4n) is 1.88. The van der Waals surface area contributed by atoms with Crippen LogP contribution in [-0.2, 0) is 22.5 Å². The zero-order valence-electron chi connectivity index (χ0n) is 9.35. The number of carbonyl (C=O) groups excluding carboxylic acids is 1. The van der Waals surface area contributed by atoms with E-state index >= 15 is 0 Å². The Morgan fingerprint density at radius 2 is 2.12 bits per heavy atom. The van der Waals surface area contributed by atoms with Crippen molar-refractivity contribution >= 4 is 5.97 Å². The Bertz CT molecular complexity index is 412. The van der Waals surface area contributed by atoms with Crippen LogP contribution in [0.1, 0.15) is 11.1 Å². The molecule has 2 rings (SSSR count). The fourth-order valence-corrected chi connectivity index (χ4v) is 1.88. The van der Waals surface area contributed by atoms with Crippen molar-refractivity contribution in [3.8, 4) is 0 Å². The molecule has 1 aromatic carbocycles. The number of methoxy groups -OCH3 is 1. The summed E-state index contributed by atoms with van der Waals surface area (Å²) in [5.74, 6) is -0.307. The molecule has 84 valence electrons. The number of benzene rings is 1. The molecule has 3 nitrogen and oxygen atoms in total. The predicted octanol–water partition coefficient (Wildman–Crippen LogP) is 1.73. The van der Waals surface area contributed by atoms with Gasteiger partial charge in [0.05, 0.1) is 7.11 Å². The van der Waals surface area contributed by atoms with E-state index < -0.39 is 0 Å². The van der Waals surface area contributed by atoms with Crippen molar-refractivity contribution in [2.75, 3.05) is 13.7 Å². The molecule has 1 heterocycles. The first-order valence-electron chi connectivity index (χ1n) is 5.36. The molecule has 0 aromatic heterocycles. The minimum absolute atomic E-state index is 0.307. The van der Waals surface area contributed by atoms with Gasteiger partial charge in [-0.15, -0.1) is 0 Å². The van der Waals surface area contributed by atoms with Gasteiger partial charge in [0.25, 0.3) is 0 Å². The minimum Gasteiger partial charge on any atom is -0.466 e. The third-order valence-electron chi connectivity index (χ3n) is 2.78. The highest BCUT2D eigenvalue weighted by molar-refractivity contribution is 5.81. The maximum absolute atomic E-state index is 11.0. The molecule has 0 bridgehead atoms. The summed E-state index contributed by atoms with van der Waals surface area (Å²) in [6.45, 7) is 1.81. The highest BCUT2D eigenvalue weighted by Gasteiger charge is 2.12. The van der Waals surface area contributed by atoms with Gasteiger partial charge in [0.15, 0.2) is 0 Å². The molecule has 0 atom stereocenters. The lowest BCUT2D eigenvalue weighted by Crippen LogP contribution is -2.25. The molecule has 0 amide bonds. The molecule has 0 aliphatic carbocycles. The number of ether oxygens (including phenoxy) is 1. The van der Waals surface area contributed by atoms with Crippen molar-refractivity contribution in [2.24, 2.45) is 0 Å². The molecule has 0 spiro atoms. The smallest absolute Gasteiger partial charge is 0.331 e. The van der Waals surface area contributed by atoms with Crippen LogP contribution >= 0.6 is 0 Å². The van der Waals surface area contributed by atoms with Crippen LogP contribution < -0.4 is 0 Å². The second-order valence-electron chi connectivity index (χ2n) is 3.83. The van der Waals surface area contributed by atoms with Crippen LogP contribution in [0.3, 0.4) is 0 Å². The first kappa shape index (κ1) is 10.7. The molecule has 16 heavy (non-hydrogen) atoms. The summed E-state index contributed by atoms with van der Waals surface area (Å²) in [5.41, 5.74) is 2.74. The monoisotopic (exact) mass is 217 g/mol. The van der Waals surface area contributed by atoms with E-state index in [2.05, 4.69) is 27.8 Å². The van der Waals surface area contributed by atoms with Gasteiger partial charge in [0, 0.05) is 25.4 Å². The average Bonchev–Trinajstić information content (AvgIpc) is 2.35. The number of nitrogens with zero attached hydrogens (tertiary/aromatic N) is 1. The number of esters is 1. The molecule has 0 fully saturated rings. The maximum Gasteiger partial charge on any atom is 0.331 e. The normalized spacial score (nSPS) is 14.9. The van der Waals surface area contributed by atoms with Gasteiger partial charge >= 0.3 is 5.97 Å². The van der Waals surface area contributed by atoms with Crippen molar-refractivity contribution < 1.29 is 9.53 Å². The van der Waals surface area contributed by atoms with E-state index in [4.69, 9.17) is 0 Å². The second kappa shape index (κ2) is 4.84. The van der Waals surface area contributed by atoms with Crippen LogP contribution in [-0.4, -0.2) is 24.5 Å². The van der Waals surface area contributed by atoms with Crippen molar-refractivity contribution in [2.45, 2.75) is 13.0 Å². The first-order chi connectivity index (χ1) is 7.79. The number of hydrogen-bond donors (Lipinski definition) is 0. The van der Waals surface area contributed by atoms with E-state index in [0.717, 1.165) is 19.5 Å². The molecule has 0 N–H and O–H groups in total. The summed E-state index contributed by atoms with van der Waals surface area (Å²) in [6, 6.07) is 8.41. The maximum atomic E-state index is 11.0. The van der Waals surface area contributed by atoms with Crippen LogP contribution in [0, 0.1) is 0 Å². The van der Waals surface area contributed by atoms with Gasteiger partial charge < -0.3 is 9.64 Å². The van der Waals surface area contributed by atoms with Crippen molar-refractivity contribution in [1.29, 1.82) is 0 Å². The SMILES string of the molecule is COC(=O)C=CN1CCc2ccccc2C1. The molecular formula is C13H15NO2. The summed E-state index contributed by atoms with van der Waals surface area (Å²) in [7, 11) is 1.39. The summed E-state index contributed by atoms with van der Waals surface area (Å²) < 4.78 is 4.56. The molecule has 1 aromatic rings. The number of fused-ring (bicyclic) bond motifs is 1. The van der Waals surface area contributed by atoms with E-state index in [1.807, 2.05) is 12.3 Å². The van der Waals surface area contributed by atoms with Gasteiger partial charge in [-0.2, -0.15) is 0 Å². The van der Waals surface area contributed by atoms with Crippen molar-refractivity contribution in [1.82, 2.24) is 4.90 Å². The molecule has 0 saturated heterocycles. The Morgan fingerprint density at radius 1 is 1.38 bits per heavy atom. The highest BCUT2D eigenvalue weighted by Crippen LogP contribution is 2.18. The Labute approximate surface area is 95.3 Å². The van der Waals surface area contributed by atoms with Crippen molar-refractivity contribution in [3.05, 3.63) is 47.7 Å². The summed E-state index contributed by atoms with van der Waals surface area (Å²) >= 11 is 0. The lowest BCUT2D eigenvalue weighted by molar-refractivity contribution is -0.134. The van der Waals surface area contributed by atoms with E-state index in [1.54, 1.807) is 0 Å². The Hall–Kier alpha value is -1.77. The van der Waals surface area contributed by atoms with Crippen molar-refractivity contribution in [3.63, 3.8) is 0 Å². The van der Waals surface area contributed by atoms with Gasteiger partial charge in [-0.25, -0.2) is 4.79 Å². The lowest BCUT2D eigenvalue weighted by Gasteiger charge is -2.27. The molecule has 0 unspecified atom stereocenters. The molecule has 0 saturated carbocycles. The molecule has 1 aliphatic rings. The molecular weight excluding hydrogens is 202 g/mol. The minimum atomic E-state index is -0.307. The zero-order valence-corrected chi connectivity index (χ0v) is 9.35. The third-order valence-corrected chi connectivity index (χ3v) is 2.78. The topological polar surface area (TPSA) is 29.5 Å². The lowest BCUT2D eigenvalue weighted by atomic mass is 10.0. The van der Waals surface area contributed by atoms with Gasteiger partial charge in [0.1, 0.15) is 0 Å². The first-order valence-corrected chi connectivity index (χ1v) is 5.36. The zero-order chi connectivity index (χ0) is 11.4. The predicted molar refractivity (Wildman–Crippen MR) is 61.7 cm³/mol. The van der Waals surface area contributed by atoms with E-state index in [0.29, 0.717) is 0 Å². The van der Waals surface area contributed by atoms with Gasteiger partial charge in [0.2, 0.25) is 0 Å². The number of hydrogen-bond acceptors (Lipinski definition) is 3. The van der Waals surface area contributed by atoms with Gasteiger partial charge in [-0.05, 0) is 17.5 Å². The average molecular weight is 217 g/mol. The summed E-state index contributed by atoms with van der Waals surface area (Å²) in [5, 5.41) is 0. The van der Waals surface area contributed by atoms with Crippen LogP contribution in [0.2, 0.25) is 0 Å². The number of carbonyl (C=O) groups is 1. The summed E-state index contributed by atoms with van der Waals surface area (Å²) in [4.78, 5) is 13.1. The summed E-state index contributed by atoms with van der Waals surface area (Å²) in [6.07, 6.45) is 4.30. The van der Waals surface area contributed by atoms with Crippen LogP contribution in [0.15, 0.2) is 36.5 Å². The standard InChI is InChI=1S/C13H15NO2/c1-16-13(15)7-9-14-8-6-11-4-2-3-5-12(11)10-14/h2-5,7,9H,6,8,10H2,1H3. The van der Waals surface area contributed by atoms with Gasteiger partial charge in [-0.3, -0.25) is 0 Å². The van der Waals surface area contributed by atoms with Gasteiger partial charge in [-0.1, -0.05) is 24.3 Å². The quantitative estimate of drug-likeness (QED) is 0.558. The third kappa shape index (κ3) is 2.42. The van der Waals surface area contributed by atoms with Crippen LogP contribution in [0.25, 0.3) is 0 Å². The van der Waals surface area contributed by atoms with Crippen LogP contribution in [0.4, 0.5) is 0 Å². The Morgan fingerprint density at radius 3 is 2.88 bits per heavy atom. The largest absolute Gasteiger partial charge is 0.466 e. The highest BCUT2D eigenvalue weighted by atomic mass is 16.5. The molecule has 0 radical (unpaired) electrons. The molecule has 3 heteroatoms. The van der Waals surface area contributed by atoms with E-state index in [1.165, 1.54) is 24.3 Å². The Kier molecular flexibility index (Phi) is 3.25. The van der Waals surface area contributed by atoms with E-state index in [9.17, 15) is 4.79 Å². The van der Waals surface area contributed by atoms with E-state index in [-0.39, 0.29) is 5.97 Å². The Balaban J connectivity index is 2.03. The fraction of sp³-hybridized carbons (Fsp3) is 0.308. The number of rotatable bonds is 2. The second-order valence-corrected chi connectivity index (χ2v) is 3.83. The molecule has 1 aliphatic heterocycles. The van der Waals surface area contributed by atoms with Crippen LogP contribution in [0.5, 0.6) is 0 Å².